The molecule has 1 amide bonds. The third kappa shape index (κ3) is 3.04. The summed E-state index contributed by atoms with van der Waals surface area (Å²) in [6.07, 6.45) is 2.07. The van der Waals surface area contributed by atoms with Crippen LogP contribution in [0.4, 0.5) is 0 Å². The Morgan fingerprint density at radius 1 is 1.11 bits per heavy atom. The van der Waals surface area contributed by atoms with Crippen molar-refractivity contribution in [2.45, 2.75) is 53.5 Å². The van der Waals surface area contributed by atoms with Gasteiger partial charge in [-0.1, -0.05) is 18.2 Å². The summed E-state index contributed by atoms with van der Waals surface area (Å²) in [5.74, 6) is 0.891. The molecule has 3 heterocycles. The number of fused-ring (bicyclic) bond motifs is 1. The Bertz CT molecular complexity index is 1050. The Kier molecular flexibility index (Phi) is 4.50. The molecule has 0 N–H and O–H groups in total. The molecule has 1 aromatic carbocycles. The minimum Gasteiger partial charge on any atom is -0.331 e. The topological polar surface area (TPSA) is 46.1 Å². The van der Waals surface area contributed by atoms with Gasteiger partial charge in [-0.05, 0) is 69.7 Å². The highest BCUT2D eigenvalue weighted by molar-refractivity contribution is 7.20. The van der Waals surface area contributed by atoms with Crippen LogP contribution in [0.3, 0.4) is 0 Å². The van der Waals surface area contributed by atoms with Crippen LogP contribution in [0.5, 0.6) is 0 Å². The van der Waals surface area contributed by atoms with Gasteiger partial charge in [0.1, 0.15) is 10.7 Å². The van der Waals surface area contributed by atoms with Crippen molar-refractivity contribution in [3.63, 3.8) is 0 Å². The standard InChI is InChI=1S/C22H25N3OS/c1-12-8-9-17(11-13(12)2)18-7-6-10-25(18)22(26)20-14(3)19-15(4)23-16(5)24-21(19)27-20/h8-9,11,18H,6-7,10H2,1-5H3. The minimum absolute atomic E-state index is 0.133. The van der Waals surface area contributed by atoms with Gasteiger partial charge in [-0.25, -0.2) is 9.97 Å². The number of carbonyl (C=O) groups excluding carboxylic acids is 1. The third-order valence-electron chi connectivity index (χ3n) is 5.71. The van der Waals surface area contributed by atoms with E-state index in [4.69, 9.17) is 0 Å². The second kappa shape index (κ2) is 6.71. The quantitative estimate of drug-likeness (QED) is 0.614. The largest absolute Gasteiger partial charge is 0.331 e. The van der Waals surface area contributed by atoms with E-state index in [0.29, 0.717) is 0 Å². The van der Waals surface area contributed by atoms with E-state index in [2.05, 4.69) is 46.9 Å². The maximum Gasteiger partial charge on any atom is 0.264 e. The number of aryl methyl sites for hydroxylation is 5. The predicted molar refractivity (Wildman–Crippen MR) is 111 cm³/mol. The molecule has 1 fully saturated rings. The first kappa shape index (κ1) is 18.1. The Labute approximate surface area is 164 Å². The highest BCUT2D eigenvalue weighted by Gasteiger charge is 2.33. The van der Waals surface area contributed by atoms with Gasteiger partial charge >= 0.3 is 0 Å². The fraction of sp³-hybridized carbons (Fsp3) is 0.409. The zero-order chi connectivity index (χ0) is 19.3. The fourth-order valence-corrected chi connectivity index (χ4v) is 5.37. The second-order valence-corrected chi connectivity index (χ2v) is 8.59. The number of hydrogen-bond donors (Lipinski definition) is 0. The van der Waals surface area contributed by atoms with Crippen LogP contribution in [0.15, 0.2) is 18.2 Å². The van der Waals surface area contributed by atoms with Crippen LogP contribution in [-0.4, -0.2) is 27.3 Å². The van der Waals surface area contributed by atoms with E-state index < -0.39 is 0 Å². The zero-order valence-corrected chi connectivity index (χ0v) is 17.4. The van der Waals surface area contributed by atoms with Gasteiger partial charge < -0.3 is 4.90 Å². The molecule has 0 saturated carbocycles. The summed E-state index contributed by atoms with van der Waals surface area (Å²) < 4.78 is 0. The maximum absolute atomic E-state index is 13.5. The number of benzene rings is 1. The SMILES string of the molecule is Cc1nc(C)c2c(C)c(C(=O)N3CCCC3c3ccc(C)c(C)c3)sc2n1. The van der Waals surface area contributed by atoms with Gasteiger partial charge in [-0.2, -0.15) is 0 Å². The Balaban J connectivity index is 1.73. The molecular weight excluding hydrogens is 354 g/mol. The maximum atomic E-state index is 13.5. The van der Waals surface area contributed by atoms with Crippen molar-refractivity contribution < 1.29 is 4.79 Å². The molecule has 0 bridgehead atoms. The van der Waals surface area contributed by atoms with Crippen LogP contribution in [0.2, 0.25) is 0 Å². The summed E-state index contributed by atoms with van der Waals surface area (Å²) in [6.45, 7) is 11.0. The molecule has 2 aromatic heterocycles. The lowest BCUT2D eigenvalue weighted by molar-refractivity contribution is 0.0740. The lowest BCUT2D eigenvalue weighted by atomic mass is 9.99. The molecular formula is C22H25N3OS. The number of hydrogen-bond acceptors (Lipinski definition) is 4. The Morgan fingerprint density at radius 3 is 2.63 bits per heavy atom. The lowest BCUT2D eigenvalue weighted by Gasteiger charge is -2.25. The molecule has 1 aliphatic heterocycles. The number of thiophene rings is 1. The van der Waals surface area contributed by atoms with E-state index in [1.165, 1.54) is 28.0 Å². The first-order valence-electron chi connectivity index (χ1n) is 9.49. The van der Waals surface area contributed by atoms with Crippen molar-refractivity contribution in [1.29, 1.82) is 0 Å². The second-order valence-electron chi connectivity index (χ2n) is 7.59. The zero-order valence-electron chi connectivity index (χ0n) is 16.6. The molecule has 4 nitrogen and oxygen atoms in total. The molecule has 4 rings (SSSR count). The number of nitrogens with zero attached hydrogens (tertiary/aromatic N) is 3. The van der Waals surface area contributed by atoms with Crippen molar-refractivity contribution in [2.24, 2.45) is 0 Å². The van der Waals surface area contributed by atoms with Crippen molar-refractivity contribution in [1.82, 2.24) is 14.9 Å². The van der Waals surface area contributed by atoms with Gasteiger partial charge in [0.25, 0.3) is 5.91 Å². The summed E-state index contributed by atoms with van der Waals surface area (Å²) in [5.41, 5.74) is 5.79. The van der Waals surface area contributed by atoms with E-state index >= 15 is 0 Å². The Hall–Kier alpha value is -2.27. The average molecular weight is 380 g/mol. The number of likely N-dealkylation sites (tertiary alicyclic amines) is 1. The van der Waals surface area contributed by atoms with Crippen LogP contribution in [-0.2, 0) is 0 Å². The normalized spacial score (nSPS) is 17.1. The van der Waals surface area contributed by atoms with Crippen LogP contribution in [0.25, 0.3) is 10.2 Å². The highest BCUT2D eigenvalue weighted by atomic mass is 32.1. The van der Waals surface area contributed by atoms with Crippen LogP contribution in [0, 0.1) is 34.6 Å². The van der Waals surface area contributed by atoms with Crippen LogP contribution >= 0.6 is 11.3 Å². The summed E-state index contributed by atoms with van der Waals surface area (Å²) in [4.78, 5) is 26.3. The minimum atomic E-state index is 0.133. The molecule has 140 valence electrons. The van der Waals surface area contributed by atoms with Crippen molar-refractivity contribution >= 4 is 27.5 Å². The van der Waals surface area contributed by atoms with Gasteiger partial charge in [0.05, 0.1) is 10.9 Å². The number of carbonyl (C=O) groups is 1. The van der Waals surface area contributed by atoms with Gasteiger partial charge in [-0.15, -0.1) is 11.3 Å². The molecule has 3 aromatic rings. The smallest absolute Gasteiger partial charge is 0.264 e. The molecule has 0 radical (unpaired) electrons. The first-order chi connectivity index (χ1) is 12.9. The van der Waals surface area contributed by atoms with Gasteiger partial charge in [0.2, 0.25) is 0 Å². The monoisotopic (exact) mass is 379 g/mol. The van der Waals surface area contributed by atoms with Crippen molar-refractivity contribution in [3.8, 4) is 0 Å². The van der Waals surface area contributed by atoms with E-state index in [9.17, 15) is 4.79 Å². The van der Waals surface area contributed by atoms with Gasteiger partial charge in [0.15, 0.2) is 0 Å². The average Bonchev–Trinajstić information content (AvgIpc) is 3.22. The fourth-order valence-electron chi connectivity index (χ4n) is 4.14. The van der Waals surface area contributed by atoms with Crippen LogP contribution in [0.1, 0.15) is 62.3 Å². The molecule has 1 unspecified atom stereocenters. The summed E-state index contributed by atoms with van der Waals surface area (Å²) in [6, 6.07) is 6.74. The summed E-state index contributed by atoms with van der Waals surface area (Å²) in [7, 11) is 0. The van der Waals surface area contributed by atoms with E-state index in [-0.39, 0.29) is 11.9 Å². The summed E-state index contributed by atoms with van der Waals surface area (Å²) >= 11 is 1.51. The molecule has 0 spiro atoms. The number of aromatic nitrogens is 2. The summed E-state index contributed by atoms with van der Waals surface area (Å²) in [5, 5.41) is 1.04. The first-order valence-corrected chi connectivity index (χ1v) is 10.3. The van der Waals surface area contributed by atoms with E-state index in [0.717, 1.165) is 51.6 Å². The van der Waals surface area contributed by atoms with Crippen molar-refractivity contribution in [3.05, 3.63) is 56.8 Å². The van der Waals surface area contributed by atoms with E-state index in [1.807, 2.05) is 20.8 Å². The molecule has 1 aliphatic rings. The predicted octanol–water partition coefficient (Wildman–Crippen LogP) is 5.21. The highest BCUT2D eigenvalue weighted by Crippen LogP contribution is 2.38. The number of amides is 1. The Morgan fingerprint density at radius 2 is 1.89 bits per heavy atom. The van der Waals surface area contributed by atoms with Crippen LogP contribution < -0.4 is 0 Å². The number of rotatable bonds is 2. The molecule has 5 heteroatoms. The lowest BCUT2D eigenvalue weighted by Crippen LogP contribution is -2.30. The molecule has 1 atom stereocenters. The molecule has 1 saturated heterocycles. The van der Waals surface area contributed by atoms with E-state index in [1.54, 1.807) is 0 Å². The third-order valence-corrected chi connectivity index (χ3v) is 6.88. The van der Waals surface area contributed by atoms with Gasteiger partial charge in [-0.3, -0.25) is 4.79 Å². The van der Waals surface area contributed by atoms with Crippen molar-refractivity contribution in [2.75, 3.05) is 6.54 Å². The molecule has 0 aliphatic carbocycles. The molecule has 27 heavy (non-hydrogen) atoms. The van der Waals surface area contributed by atoms with Gasteiger partial charge in [0, 0.05) is 17.6 Å².